The first-order valence-electron chi connectivity index (χ1n) is 8.17. The monoisotopic (exact) mass is 342 g/mol. The number of benzene rings is 2. The Bertz CT molecular complexity index is 752. The summed E-state index contributed by atoms with van der Waals surface area (Å²) in [6, 6.07) is 12.8. The Morgan fingerprint density at radius 1 is 1.04 bits per heavy atom. The number of hydrogen-bond donors (Lipinski definition) is 0. The quantitative estimate of drug-likeness (QED) is 0.567. The Hall–Kier alpha value is -2.82. The second kappa shape index (κ2) is 8.87. The molecule has 0 radical (unpaired) electrons. The fraction of sp³-hybridized carbons (Fsp3) is 0.300. The van der Waals surface area contributed by atoms with Crippen molar-refractivity contribution in [1.82, 2.24) is 0 Å². The van der Waals surface area contributed by atoms with Crippen molar-refractivity contribution in [2.24, 2.45) is 0 Å². The predicted molar refractivity (Wildman–Crippen MR) is 94.1 cm³/mol. The van der Waals surface area contributed by atoms with Gasteiger partial charge in [0.2, 0.25) is 0 Å². The lowest BCUT2D eigenvalue weighted by Crippen LogP contribution is -2.09. The molecule has 0 saturated heterocycles. The maximum Gasteiger partial charge on any atom is 0.338 e. The Labute approximate surface area is 147 Å². The summed E-state index contributed by atoms with van der Waals surface area (Å²) in [6.45, 7) is 5.77. The van der Waals surface area contributed by atoms with Gasteiger partial charge in [0.05, 0.1) is 18.8 Å². The first kappa shape index (κ1) is 18.5. The van der Waals surface area contributed by atoms with Crippen LogP contribution in [0.4, 0.5) is 0 Å². The van der Waals surface area contributed by atoms with Crippen LogP contribution in [0.15, 0.2) is 42.5 Å². The number of hydrogen-bond acceptors (Lipinski definition) is 5. The fourth-order valence-corrected chi connectivity index (χ4v) is 2.35. The molecule has 0 saturated carbocycles. The van der Waals surface area contributed by atoms with Gasteiger partial charge in [-0.3, -0.25) is 4.79 Å². The molecule has 0 aromatic heterocycles. The van der Waals surface area contributed by atoms with Gasteiger partial charge in [0.1, 0.15) is 0 Å². The second-order valence-corrected chi connectivity index (χ2v) is 5.56. The average molecular weight is 342 g/mol. The molecule has 0 heterocycles. The molecular formula is C20H22O5. The lowest BCUT2D eigenvalue weighted by molar-refractivity contribution is -0.132. The largest absolute Gasteiger partial charge is 0.489 e. The zero-order valence-corrected chi connectivity index (χ0v) is 14.7. The highest BCUT2D eigenvalue weighted by Gasteiger charge is 2.14. The van der Waals surface area contributed by atoms with Crippen LogP contribution in [-0.2, 0) is 16.0 Å². The number of carbonyl (C=O) groups is 2. The van der Waals surface area contributed by atoms with E-state index in [4.69, 9.17) is 14.2 Å². The van der Waals surface area contributed by atoms with Crippen LogP contribution in [0.25, 0.3) is 0 Å². The molecule has 5 heteroatoms. The number of esters is 2. The van der Waals surface area contributed by atoms with Gasteiger partial charge in [0.15, 0.2) is 11.5 Å². The zero-order chi connectivity index (χ0) is 18.2. The van der Waals surface area contributed by atoms with E-state index in [9.17, 15) is 9.59 Å². The normalized spacial score (nSPS) is 10.2. The summed E-state index contributed by atoms with van der Waals surface area (Å²) in [5.74, 6) is -0.329. The molecule has 0 bridgehead atoms. The average Bonchev–Trinajstić information content (AvgIpc) is 2.56. The molecule has 0 N–H and O–H groups in total. The van der Waals surface area contributed by atoms with E-state index in [1.165, 1.54) is 18.6 Å². The van der Waals surface area contributed by atoms with Crippen LogP contribution in [0.2, 0.25) is 0 Å². The van der Waals surface area contributed by atoms with Crippen molar-refractivity contribution in [3.63, 3.8) is 0 Å². The summed E-state index contributed by atoms with van der Waals surface area (Å²) >= 11 is 0. The Morgan fingerprint density at radius 3 is 2.52 bits per heavy atom. The van der Waals surface area contributed by atoms with Crippen molar-refractivity contribution in [3.05, 3.63) is 59.2 Å². The molecule has 0 unspecified atom stereocenters. The summed E-state index contributed by atoms with van der Waals surface area (Å²) in [6.07, 6.45) is 0.723. The summed E-state index contributed by atoms with van der Waals surface area (Å²) in [4.78, 5) is 23.1. The molecule has 0 aliphatic rings. The van der Waals surface area contributed by atoms with Crippen molar-refractivity contribution in [2.75, 3.05) is 13.2 Å². The van der Waals surface area contributed by atoms with Gasteiger partial charge >= 0.3 is 11.9 Å². The molecule has 2 aromatic rings. The molecule has 5 nitrogen and oxygen atoms in total. The molecule has 2 aromatic carbocycles. The minimum Gasteiger partial charge on any atom is -0.489 e. The molecule has 0 atom stereocenters. The van der Waals surface area contributed by atoms with E-state index in [0.717, 1.165) is 12.0 Å². The molecule has 0 amide bonds. The van der Waals surface area contributed by atoms with E-state index < -0.39 is 11.9 Å². The van der Waals surface area contributed by atoms with E-state index in [2.05, 4.69) is 6.07 Å². The maximum atomic E-state index is 11.8. The van der Waals surface area contributed by atoms with Crippen LogP contribution in [0.5, 0.6) is 11.5 Å². The zero-order valence-electron chi connectivity index (χ0n) is 14.7. The standard InChI is InChI=1S/C20H22O5/c1-4-23-20(22)17-8-9-18(19(13-17)25-15(3)21)24-11-10-16-7-5-6-14(2)12-16/h5-9,12-13H,4,10-11H2,1-3H3. The van der Waals surface area contributed by atoms with E-state index in [1.807, 2.05) is 25.1 Å². The van der Waals surface area contributed by atoms with Crippen molar-refractivity contribution in [2.45, 2.75) is 27.2 Å². The van der Waals surface area contributed by atoms with Crippen LogP contribution in [-0.4, -0.2) is 25.2 Å². The van der Waals surface area contributed by atoms with Gasteiger partial charge in [-0.2, -0.15) is 0 Å². The molecular weight excluding hydrogens is 320 g/mol. The van der Waals surface area contributed by atoms with E-state index in [1.54, 1.807) is 19.1 Å². The third-order valence-corrected chi connectivity index (χ3v) is 3.44. The highest BCUT2D eigenvalue weighted by molar-refractivity contribution is 5.90. The number of ether oxygens (including phenoxy) is 3. The third-order valence-electron chi connectivity index (χ3n) is 3.44. The molecule has 0 fully saturated rings. The van der Waals surface area contributed by atoms with E-state index >= 15 is 0 Å². The Kier molecular flexibility index (Phi) is 6.57. The highest BCUT2D eigenvalue weighted by Crippen LogP contribution is 2.29. The summed E-state index contributed by atoms with van der Waals surface area (Å²) in [7, 11) is 0. The number of rotatable bonds is 7. The second-order valence-electron chi connectivity index (χ2n) is 5.56. The van der Waals surface area contributed by atoms with Crippen LogP contribution in [0.1, 0.15) is 35.3 Å². The molecule has 2 rings (SSSR count). The van der Waals surface area contributed by atoms with Gasteiger partial charge in [-0.1, -0.05) is 29.8 Å². The Morgan fingerprint density at radius 2 is 1.84 bits per heavy atom. The summed E-state index contributed by atoms with van der Waals surface area (Å²) in [5, 5.41) is 0. The number of carbonyl (C=O) groups excluding carboxylic acids is 2. The third kappa shape index (κ3) is 5.64. The summed E-state index contributed by atoms with van der Waals surface area (Å²) < 4.78 is 15.9. The van der Waals surface area contributed by atoms with Crippen LogP contribution in [0.3, 0.4) is 0 Å². The van der Waals surface area contributed by atoms with Gasteiger partial charge in [0.25, 0.3) is 0 Å². The minimum absolute atomic E-state index is 0.210. The SMILES string of the molecule is CCOC(=O)c1ccc(OCCc2cccc(C)c2)c(OC(C)=O)c1. The first-order valence-corrected chi connectivity index (χ1v) is 8.17. The summed E-state index contributed by atoms with van der Waals surface area (Å²) in [5.41, 5.74) is 2.67. The van der Waals surface area contributed by atoms with Gasteiger partial charge in [-0.15, -0.1) is 0 Å². The lowest BCUT2D eigenvalue weighted by Gasteiger charge is -2.12. The van der Waals surface area contributed by atoms with Gasteiger partial charge in [0, 0.05) is 13.3 Å². The van der Waals surface area contributed by atoms with Crippen molar-refractivity contribution >= 4 is 11.9 Å². The van der Waals surface area contributed by atoms with Gasteiger partial charge in [-0.05, 0) is 37.6 Å². The van der Waals surface area contributed by atoms with Gasteiger partial charge < -0.3 is 14.2 Å². The fourth-order valence-electron chi connectivity index (χ4n) is 2.35. The molecule has 132 valence electrons. The lowest BCUT2D eigenvalue weighted by atomic mass is 10.1. The van der Waals surface area contributed by atoms with Crippen LogP contribution < -0.4 is 9.47 Å². The van der Waals surface area contributed by atoms with Gasteiger partial charge in [-0.25, -0.2) is 4.79 Å². The number of aryl methyl sites for hydroxylation is 1. The van der Waals surface area contributed by atoms with Crippen molar-refractivity contribution in [3.8, 4) is 11.5 Å². The van der Waals surface area contributed by atoms with E-state index in [-0.39, 0.29) is 12.4 Å². The topological polar surface area (TPSA) is 61.8 Å². The van der Waals surface area contributed by atoms with Crippen molar-refractivity contribution < 1.29 is 23.8 Å². The maximum absolute atomic E-state index is 11.8. The van der Waals surface area contributed by atoms with Crippen molar-refractivity contribution in [1.29, 1.82) is 0 Å². The highest BCUT2D eigenvalue weighted by atomic mass is 16.6. The van der Waals surface area contributed by atoms with Crippen LogP contribution >= 0.6 is 0 Å². The molecule has 0 aliphatic heterocycles. The Balaban J connectivity index is 2.09. The van der Waals surface area contributed by atoms with Crippen LogP contribution in [0, 0.1) is 6.92 Å². The smallest absolute Gasteiger partial charge is 0.338 e. The predicted octanol–water partition coefficient (Wildman–Crippen LogP) is 3.72. The molecule has 0 spiro atoms. The first-order chi connectivity index (χ1) is 12.0. The molecule has 0 aliphatic carbocycles. The molecule has 25 heavy (non-hydrogen) atoms. The van der Waals surface area contributed by atoms with E-state index in [0.29, 0.717) is 17.9 Å². The minimum atomic E-state index is -0.482.